The fourth-order valence-electron chi connectivity index (χ4n) is 2.39. The van der Waals surface area contributed by atoms with Crippen LogP contribution in [0.4, 0.5) is 18.9 Å². The summed E-state index contributed by atoms with van der Waals surface area (Å²) in [6.45, 7) is 1.47. The molecule has 0 spiro atoms. The molecule has 0 saturated heterocycles. The lowest BCUT2D eigenvalue weighted by atomic mass is 10.2. The molecular weight excluding hydrogens is 359 g/mol. The van der Waals surface area contributed by atoms with Crippen LogP contribution < -0.4 is 10.1 Å². The first kappa shape index (κ1) is 18.5. The lowest BCUT2D eigenvalue weighted by Gasteiger charge is -2.16. The first-order chi connectivity index (χ1) is 12.8. The van der Waals surface area contributed by atoms with E-state index in [2.05, 4.69) is 10.4 Å². The monoisotopic (exact) mass is 375 g/mol. The van der Waals surface area contributed by atoms with E-state index in [1.54, 1.807) is 41.3 Å². The van der Waals surface area contributed by atoms with Gasteiger partial charge >= 0.3 is 6.18 Å². The largest absolute Gasteiger partial charge is 0.481 e. The minimum Gasteiger partial charge on any atom is -0.481 e. The Hall–Kier alpha value is -3.29. The van der Waals surface area contributed by atoms with Gasteiger partial charge in [-0.25, -0.2) is 4.68 Å². The van der Waals surface area contributed by atoms with Gasteiger partial charge in [0.15, 0.2) is 6.10 Å². The summed E-state index contributed by atoms with van der Waals surface area (Å²) in [4.78, 5) is 12.3. The van der Waals surface area contributed by atoms with Crippen LogP contribution in [0.25, 0.3) is 5.69 Å². The number of halogens is 3. The maximum Gasteiger partial charge on any atom is 0.416 e. The smallest absolute Gasteiger partial charge is 0.416 e. The van der Waals surface area contributed by atoms with Crippen LogP contribution in [0.2, 0.25) is 0 Å². The molecule has 2 aromatic carbocycles. The number of rotatable bonds is 5. The summed E-state index contributed by atoms with van der Waals surface area (Å²) in [5, 5.41) is 6.79. The van der Waals surface area contributed by atoms with Crippen molar-refractivity contribution in [2.24, 2.45) is 0 Å². The molecule has 1 amide bonds. The molecule has 0 aliphatic carbocycles. The number of carbonyl (C=O) groups excluding carboxylic acids is 1. The van der Waals surface area contributed by atoms with E-state index in [-0.39, 0.29) is 5.75 Å². The third-order valence-corrected chi connectivity index (χ3v) is 3.73. The second kappa shape index (κ2) is 7.53. The van der Waals surface area contributed by atoms with Gasteiger partial charge in [0.1, 0.15) is 5.75 Å². The van der Waals surface area contributed by atoms with Crippen LogP contribution in [0, 0.1) is 0 Å². The summed E-state index contributed by atoms with van der Waals surface area (Å²) in [7, 11) is 0. The van der Waals surface area contributed by atoms with Gasteiger partial charge in [-0.3, -0.25) is 4.79 Å². The van der Waals surface area contributed by atoms with Crippen LogP contribution in [0.5, 0.6) is 5.75 Å². The Morgan fingerprint density at radius 1 is 1.15 bits per heavy atom. The number of nitrogens with one attached hydrogen (secondary N) is 1. The quantitative estimate of drug-likeness (QED) is 0.724. The van der Waals surface area contributed by atoms with Gasteiger partial charge in [0.2, 0.25) is 0 Å². The topological polar surface area (TPSA) is 56.1 Å². The van der Waals surface area contributed by atoms with Gasteiger partial charge in [0.25, 0.3) is 5.91 Å². The SMILES string of the molecule is CC(Oc1cccc(C(F)(F)F)c1)C(=O)Nc1cccc(-n2cccn2)c1. The molecule has 0 fully saturated rings. The average molecular weight is 375 g/mol. The molecule has 8 heteroatoms. The van der Waals surface area contributed by atoms with Crippen molar-refractivity contribution in [1.82, 2.24) is 9.78 Å². The van der Waals surface area contributed by atoms with Crippen molar-refractivity contribution in [3.63, 3.8) is 0 Å². The van der Waals surface area contributed by atoms with Gasteiger partial charge < -0.3 is 10.1 Å². The molecule has 1 heterocycles. The molecule has 5 nitrogen and oxygen atoms in total. The van der Waals surface area contributed by atoms with Crippen molar-refractivity contribution in [1.29, 1.82) is 0 Å². The molecule has 3 aromatic rings. The number of alkyl halides is 3. The second-order valence-corrected chi connectivity index (χ2v) is 5.78. The fraction of sp³-hybridized carbons (Fsp3) is 0.158. The zero-order chi connectivity index (χ0) is 19.4. The average Bonchev–Trinajstić information content (AvgIpc) is 3.16. The van der Waals surface area contributed by atoms with Crippen molar-refractivity contribution in [2.45, 2.75) is 19.2 Å². The van der Waals surface area contributed by atoms with Crippen molar-refractivity contribution in [3.05, 3.63) is 72.6 Å². The molecule has 140 valence electrons. The van der Waals surface area contributed by atoms with Crippen LogP contribution >= 0.6 is 0 Å². The molecule has 1 atom stereocenters. The van der Waals surface area contributed by atoms with E-state index < -0.39 is 23.8 Å². The Morgan fingerprint density at radius 2 is 1.93 bits per heavy atom. The molecule has 1 unspecified atom stereocenters. The Bertz CT molecular complexity index is 924. The van der Waals surface area contributed by atoms with Crippen LogP contribution in [0.3, 0.4) is 0 Å². The van der Waals surface area contributed by atoms with Crippen LogP contribution in [0.1, 0.15) is 12.5 Å². The molecule has 1 N–H and O–H groups in total. The number of benzene rings is 2. The number of hydrogen-bond acceptors (Lipinski definition) is 3. The number of nitrogens with zero attached hydrogens (tertiary/aromatic N) is 2. The first-order valence-corrected chi connectivity index (χ1v) is 8.08. The van der Waals surface area contributed by atoms with Gasteiger partial charge in [-0.1, -0.05) is 12.1 Å². The van der Waals surface area contributed by atoms with Crippen molar-refractivity contribution in [3.8, 4) is 11.4 Å². The van der Waals surface area contributed by atoms with E-state index in [9.17, 15) is 18.0 Å². The van der Waals surface area contributed by atoms with Crippen molar-refractivity contribution < 1.29 is 22.7 Å². The molecule has 27 heavy (non-hydrogen) atoms. The van der Waals surface area contributed by atoms with E-state index >= 15 is 0 Å². The number of aromatic nitrogens is 2. The van der Waals surface area contributed by atoms with Crippen molar-refractivity contribution in [2.75, 3.05) is 5.32 Å². The van der Waals surface area contributed by atoms with Gasteiger partial charge in [0, 0.05) is 18.1 Å². The molecule has 0 aliphatic heterocycles. The van der Waals surface area contributed by atoms with E-state index in [1.807, 2.05) is 6.07 Å². The van der Waals surface area contributed by atoms with Crippen molar-refractivity contribution >= 4 is 11.6 Å². The number of carbonyl (C=O) groups is 1. The van der Waals surface area contributed by atoms with Gasteiger partial charge in [-0.15, -0.1) is 0 Å². The van der Waals surface area contributed by atoms with Gasteiger partial charge in [-0.2, -0.15) is 18.3 Å². The minimum absolute atomic E-state index is 0.0298. The fourth-order valence-corrected chi connectivity index (χ4v) is 2.39. The van der Waals surface area contributed by atoms with Crippen LogP contribution in [-0.4, -0.2) is 21.8 Å². The highest BCUT2D eigenvalue weighted by atomic mass is 19.4. The molecule has 3 rings (SSSR count). The van der Waals surface area contributed by atoms with E-state index in [0.29, 0.717) is 5.69 Å². The Balaban J connectivity index is 1.67. The Kier molecular flexibility index (Phi) is 5.16. The maximum atomic E-state index is 12.8. The highest BCUT2D eigenvalue weighted by molar-refractivity contribution is 5.94. The number of amides is 1. The minimum atomic E-state index is -4.47. The normalized spacial score (nSPS) is 12.4. The zero-order valence-corrected chi connectivity index (χ0v) is 14.3. The summed E-state index contributed by atoms with van der Waals surface area (Å²) in [6, 6.07) is 13.2. The number of ether oxygens (including phenoxy) is 1. The molecule has 0 radical (unpaired) electrons. The summed E-state index contributed by atoms with van der Waals surface area (Å²) in [5.41, 5.74) is 0.441. The Labute approximate surface area is 153 Å². The molecule has 0 bridgehead atoms. The summed E-state index contributed by atoms with van der Waals surface area (Å²) < 4.78 is 45.3. The lowest BCUT2D eigenvalue weighted by molar-refractivity contribution is -0.137. The highest BCUT2D eigenvalue weighted by Gasteiger charge is 2.30. The first-order valence-electron chi connectivity index (χ1n) is 8.08. The number of anilines is 1. The third kappa shape index (κ3) is 4.66. The molecular formula is C19H16F3N3O2. The predicted molar refractivity (Wildman–Crippen MR) is 93.7 cm³/mol. The van der Waals surface area contributed by atoms with Gasteiger partial charge in [-0.05, 0) is 49.4 Å². The lowest BCUT2D eigenvalue weighted by Crippen LogP contribution is -2.30. The zero-order valence-electron chi connectivity index (χ0n) is 14.3. The van der Waals surface area contributed by atoms with E-state index in [4.69, 9.17) is 4.74 Å². The number of hydrogen-bond donors (Lipinski definition) is 1. The molecule has 0 saturated carbocycles. The van der Waals surface area contributed by atoms with Crippen LogP contribution in [0.15, 0.2) is 67.0 Å². The standard InChI is InChI=1S/C19H16F3N3O2/c1-13(27-17-8-2-5-14(11-17)19(20,21)22)18(26)24-15-6-3-7-16(12-15)25-10-4-9-23-25/h2-13H,1H3,(H,24,26). The summed E-state index contributed by atoms with van der Waals surface area (Å²) in [5.74, 6) is -0.511. The second-order valence-electron chi connectivity index (χ2n) is 5.78. The van der Waals surface area contributed by atoms with Crippen LogP contribution in [-0.2, 0) is 11.0 Å². The summed E-state index contributed by atoms with van der Waals surface area (Å²) >= 11 is 0. The van der Waals surface area contributed by atoms with E-state index in [1.165, 1.54) is 19.1 Å². The Morgan fingerprint density at radius 3 is 2.63 bits per heavy atom. The third-order valence-electron chi connectivity index (χ3n) is 3.73. The summed E-state index contributed by atoms with van der Waals surface area (Å²) in [6.07, 6.45) is -2.06. The van der Waals surface area contributed by atoms with E-state index in [0.717, 1.165) is 17.8 Å². The molecule has 0 aliphatic rings. The van der Waals surface area contributed by atoms with Gasteiger partial charge in [0.05, 0.1) is 11.3 Å². The maximum absolute atomic E-state index is 12.8. The molecule has 1 aromatic heterocycles. The predicted octanol–water partition coefficient (Wildman–Crippen LogP) is 4.30. The highest BCUT2D eigenvalue weighted by Crippen LogP contribution is 2.31.